The molecule has 0 aliphatic heterocycles. The van der Waals surface area contributed by atoms with E-state index < -0.39 is 0 Å². The molecule has 0 atom stereocenters. The number of aromatic nitrogens is 2. The van der Waals surface area contributed by atoms with Gasteiger partial charge in [0, 0.05) is 19.3 Å². The number of hydrogen-bond donors (Lipinski definition) is 2. The largest absolute Gasteiger partial charge is 0.354 e. The molecule has 5 heteroatoms. The van der Waals surface area contributed by atoms with Crippen molar-refractivity contribution in [3.05, 3.63) is 18.0 Å². The molecule has 5 nitrogen and oxygen atoms in total. The number of carbonyl (C=O) groups excluding carboxylic acids is 1. The summed E-state index contributed by atoms with van der Waals surface area (Å²) in [7, 11) is 0. The highest BCUT2D eigenvalue weighted by Gasteiger charge is 2.07. The average molecular weight is 236 g/mol. The van der Waals surface area contributed by atoms with E-state index >= 15 is 0 Å². The predicted octanol–water partition coefficient (Wildman–Crippen LogP) is 1.68. The Morgan fingerprint density at radius 3 is 2.88 bits per heavy atom. The quantitative estimate of drug-likeness (QED) is 0.788. The van der Waals surface area contributed by atoms with E-state index in [0.29, 0.717) is 24.1 Å². The molecule has 2 N–H and O–H groups in total. The van der Waals surface area contributed by atoms with Crippen molar-refractivity contribution in [3.63, 3.8) is 0 Å². The molecule has 0 aliphatic carbocycles. The molecule has 0 saturated heterocycles. The summed E-state index contributed by atoms with van der Waals surface area (Å²) in [6, 6.07) is 1.62. The number of amides is 1. The van der Waals surface area contributed by atoms with Crippen molar-refractivity contribution in [2.45, 2.75) is 27.2 Å². The predicted molar refractivity (Wildman–Crippen MR) is 68.0 cm³/mol. The maximum absolute atomic E-state index is 11.7. The molecule has 0 aliphatic rings. The van der Waals surface area contributed by atoms with Gasteiger partial charge in [0.2, 0.25) is 5.95 Å². The van der Waals surface area contributed by atoms with Crippen molar-refractivity contribution in [2.75, 3.05) is 18.4 Å². The Bertz CT molecular complexity index is 365. The fraction of sp³-hybridized carbons (Fsp3) is 0.583. The van der Waals surface area contributed by atoms with Crippen molar-refractivity contribution in [1.29, 1.82) is 0 Å². The second-order valence-electron chi connectivity index (χ2n) is 4.30. The summed E-state index contributed by atoms with van der Waals surface area (Å²) in [5.74, 6) is 0.862. The van der Waals surface area contributed by atoms with Gasteiger partial charge in [0.05, 0.1) is 0 Å². The summed E-state index contributed by atoms with van der Waals surface area (Å²) < 4.78 is 0. The van der Waals surface area contributed by atoms with Crippen LogP contribution < -0.4 is 10.6 Å². The molecule has 1 aromatic heterocycles. The third-order valence-electron chi connectivity index (χ3n) is 2.09. The van der Waals surface area contributed by atoms with Gasteiger partial charge in [-0.3, -0.25) is 4.79 Å². The summed E-state index contributed by atoms with van der Waals surface area (Å²) in [6.07, 6.45) is 2.51. The third-order valence-corrected chi connectivity index (χ3v) is 2.09. The Morgan fingerprint density at radius 2 is 2.24 bits per heavy atom. The second kappa shape index (κ2) is 6.83. The smallest absolute Gasteiger partial charge is 0.270 e. The van der Waals surface area contributed by atoms with Crippen LogP contribution in [0.25, 0.3) is 0 Å². The molecule has 0 aromatic carbocycles. The Morgan fingerprint density at radius 1 is 1.47 bits per heavy atom. The number of nitrogens with zero attached hydrogens (tertiary/aromatic N) is 2. The van der Waals surface area contributed by atoms with Crippen LogP contribution in [0.1, 0.15) is 37.7 Å². The van der Waals surface area contributed by atoms with Gasteiger partial charge in [-0.15, -0.1) is 0 Å². The van der Waals surface area contributed by atoms with E-state index in [1.165, 1.54) is 0 Å². The monoisotopic (exact) mass is 236 g/mol. The van der Waals surface area contributed by atoms with Crippen LogP contribution in [-0.4, -0.2) is 29.0 Å². The van der Waals surface area contributed by atoms with Crippen molar-refractivity contribution in [3.8, 4) is 0 Å². The maximum atomic E-state index is 11.7. The van der Waals surface area contributed by atoms with Gasteiger partial charge in [0.25, 0.3) is 5.91 Å². The van der Waals surface area contributed by atoms with Crippen LogP contribution in [0.3, 0.4) is 0 Å². The molecule has 0 unspecified atom stereocenters. The van der Waals surface area contributed by atoms with Crippen molar-refractivity contribution >= 4 is 11.9 Å². The molecule has 0 fully saturated rings. The summed E-state index contributed by atoms with van der Waals surface area (Å²) in [5.41, 5.74) is 0.403. The molecule has 0 radical (unpaired) electrons. The van der Waals surface area contributed by atoms with Crippen molar-refractivity contribution in [1.82, 2.24) is 15.3 Å². The summed E-state index contributed by atoms with van der Waals surface area (Å²) in [5, 5.41) is 5.88. The molecule has 94 valence electrons. The average Bonchev–Trinajstić information content (AvgIpc) is 2.33. The van der Waals surface area contributed by atoms with E-state index in [9.17, 15) is 4.79 Å². The molecule has 1 amide bonds. The second-order valence-corrected chi connectivity index (χ2v) is 4.30. The van der Waals surface area contributed by atoms with Crippen molar-refractivity contribution < 1.29 is 4.79 Å². The summed E-state index contributed by atoms with van der Waals surface area (Å²) in [4.78, 5) is 19.9. The molecule has 1 rings (SSSR count). The van der Waals surface area contributed by atoms with Crippen LogP contribution in [0.15, 0.2) is 12.3 Å². The highest BCUT2D eigenvalue weighted by Crippen LogP contribution is 2.02. The lowest BCUT2D eigenvalue weighted by Gasteiger charge is -2.08. The fourth-order valence-corrected chi connectivity index (χ4v) is 1.19. The molecular formula is C12H20N4O. The first-order valence-corrected chi connectivity index (χ1v) is 5.98. The van der Waals surface area contributed by atoms with Gasteiger partial charge in [0.15, 0.2) is 0 Å². The number of rotatable bonds is 6. The molecule has 0 saturated carbocycles. The Balaban J connectivity index is 2.61. The maximum Gasteiger partial charge on any atom is 0.270 e. The minimum Gasteiger partial charge on any atom is -0.354 e. The van der Waals surface area contributed by atoms with E-state index in [1.54, 1.807) is 12.3 Å². The van der Waals surface area contributed by atoms with Gasteiger partial charge in [-0.05, 0) is 18.4 Å². The standard InChI is InChI=1S/C12H20N4O/c1-4-6-13-11(17)10-5-7-14-12(16-10)15-8-9(2)3/h5,7,9H,4,6,8H2,1-3H3,(H,13,17)(H,14,15,16). The van der Waals surface area contributed by atoms with E-state index in [0.717, 1.165) is 13.0 Å². The lowest BCUT2D eigenvalue weighted by Crippen LogP contribution is -2.25. The molecule has 1 heterocycles. The Labute approximate surface area is 102 Å². The topological polar surface area (TPSA) is 66.9 Å². The first-order chi connectivity index (χ1) is 8.13. The third kappa shape index (κ3) is 4.80. The summed E-state index contributed by atoms with van der Waals surface area (Å²) in [6.45, 7) is 7.67. The van der Waals surface area contributed by atoms with Crippen molar-refractivity contribution in [2.24, 2.45) is 5.92 Å². The van der Waals surface area contributed by atoms with E-state index in [1.807, 2.05) is 6.92 Å². The number of hydrogen-bond acceptors (Lipinski definition) is 4. The fourth-order valence-electron chi connectivity index (χ4n) is 1.19. The van der Waals surface area contributed by atoms with Gasteiger partial charge in [-0.1, -0.05) is 20.8 Å². The van der Waals surface area contributed by atoms with Crippen LogP contribution in [0.5, 0.6) is 0 Å². The van der Waals surface area contributed by atoms with Crippen LogP contribution >= 0.6 is 0 Å². The van der Waals surface area contributed by atoms with E-state index in [2.05, 4.69) is 34.4 Å². The highest BCUT2D eigenvalue weighted by molar-refractivity contribution is 5.92. The summed E-state index contributed by atoms with van der Waals surface area (Å²) >= 11 is 0. The first kappa shape index (κ1) is 13.4. The lowest BCUT2D eigenvalue weighted by atomic mass is 10.2. The SMILES string of the molecule is CCCNC(=O)c1ccnc(NCC(C)C)n1. The first-order valence-electron chi connectivity index (χ1n) is 5.98. The van der Waals surface area contributed by atoms with Crippen LogP contribution in [-0.2, 0) is 0 Å². The normalized spacial score (nSPS) is 10.4. The molecule has 1 aromatic rings. The molecule has 17 heavy (non-hydrogen) atoms. The van der Waals surface area contributed by atoms with Gasteiger partial charge in [-0.25, -0.2) is 9.97 Å². The number of carbonyl (C=O) groups is 1. The molecular weight excluding hydrogens is 216 g/mol. The Kier molecular flexibility index (Phi) is 5.39. The zero-order valence-corrected chi connectivity index (χ0v) is 10.7. The number of nitrogens with one attached hydrogen (secondary N) is 2. The van der Waals surface area contributed by atoms with E-state index in [4.69, 9.17) is 0 Å². The zero-order chi connectivity index (χ0) is 12.7. The highest BCUT2D eigenvalue weighted by atomic mass is 16.1. The number of anilines is 1. The zero-order valence-electron chi connectivity index (χ0n) is 10.7. The van der Waals surface area contributed by atoms with Crippen LogP contribution in [0.2, 0.25) is 0 Å². The molecule has 0 spiro atoms. The van der Waals surface area contributed by atoms with E-state index in [-0.39, 0.29) is 5.91 Å². The van der Waals surface area contributed by atoms with Gasteiger partial charge in [-0.2, -0.15) is 0 Å². The van der Waals surface area contributed by atoms with Crippen LogP contribution in [0, 0.1) is 5.92 Å². The van der Waals surface area contributed by atoms with Crippen LogP contribution in [0.4, 0.5) is 5.95 Å². The Hall–Kier alpha value is -1.65. The minimum atomic E-state index is -0.151. The van der Waals surface area contributed by atoms with Gasteiger partial charge >= 0.3 is 0 Å². The minimum absolute atomic E-state index is 0.151. The van der Waals surface area contributed by atoms with Gasteiger partial charge < -0.3 is 10.6 Å². The molecule has 0 bridgehead atoms. The van der Waals surface area contributed by atoms with Gasteiger partial charge in [0.1, 0.15) is 5.69 Å². The lowest BCUT2D eigenvalue weighted by molar-refractivity contribution is 0.0948.